The summed E-state index contributed by atoms with van der Waals surface area (Å²) in [6.07, 6.45) is 0.354. The highest BCUT2D eigenvalue weighted by molar-refractivity contribution is 7.99. The number of anilines is 1. The molecule has 0 aromatic carbocycles. The first-order chi connectivity index (χ1) is 8.19. The molecule has 6 nitrogen and oxygen atoms in total. The average molecular weight is 269 g/mol. The molecular formula is C9H11N5OS2. The molecule has 0 unspecified atom stereocenters. The highest BCUT2D eigenvalue weighted by Crippen LogP contribution is 2.13. The molecule has 0 saturated heterocycles. The van der Waals surface area contributed by atoms with Gasteiger partial charge in [0.2, 0.25) is 0 Å². The van der Waals surface area contributed by atoms with Crippen LogP contribution in [0.1, 0.15) is 18.3 Å². The second kappa shape index (κ2) is 5.28. The lowest BCUT2D eigenvalue weighted by atomic mass is 10.3. The second-order valence-corrected chi connectivity index (χ2v) is 5.34. The zero-order chi connectivity index (χ0) is 12.3. The van der Waals surface area contributed by atoms with Crippen LogP contribution in [0, 0.1) is 0 Å². The molecule has 2 aromatic rings. The number of nitrogens with two attached hydrogens (primary N) is 1. The maximum atomic E-state index is 11.7. The van der Waals surface area contributed by atoms with Gasteiger partial charge in [0.1, 0.15) is 5.69 Å². The Bertz CT molecular complexity index is 565. The largest absolute Gasteiger partial charge is 0.375 e. The first-order valence-electron chi connectivity index (χ1n) is 4.97. The Kier molecular flexibility index (Phi) is 3.75. The molecule has 2 aromatic heterocycles. The Morgan fingerprint density at radius 2 is 2.35 bits per heavy atom. The Balaban J connectivity index is 2.19. The van der Waals surface area contributed by atoms with E-state index < -0.39 is 0 Å². The van der Waals surface area contributed by atoms with Crippen molar-refractivity contribution in [1.29, 1.82) is 0 Å². The third-order valence-electron chi connectivity index (χ3n) is 1.94. The quantitative estimate of drug-likeness (QED) is 0.800. The second-order valence-electron chi connectivity index (χ2n) is 3.19. The van der Waals surface area contributed by atoms with Crippen molar-refractivity contribution >= 4 is 28.2 Å². The summed E-state index contributed by atoms with van der Waals surface area (Å²) >= 11 is 2.79. The fourth-order valence-corrected chi connectivity index (χ4v) is 2.34. The Labute approximate surface area is 106 Å². The summed E-state index contributed by atoms with van der Waals surface area (Å²) in [7, 11) is 0. The Hall–Kier alpha value is -1.41. The SMILES string of the molecule is CCSc1nnc(Cc2csc(N)n2)c(=O)[nH]1. The maximum absolute atomic E-state index is 11.7. The number of rotatable bonds is 4. The van der Waals surface area contributed by atoms with Crippen LogP contribution in [0.3, 0.4) is 0 Å². The minimum atomic E-state index is -0.220. The van der Waals surface area contributed by atoms with E-state index in [9.17, 15) is 4.79 Å². The number of thiazole rings is 1. The van der Waals surface area contributed by atoms with Gasteiger partial charge < -0.3 is 5.73 Å². The minimum absolute atomic E-state index is 0.220. The van der Waals surface area contributed by atoms with Gasteiger partial charge in [-0.25, -0.2) is 4.98 Å². The fraction of sp³-hybridized carbons (Fsp3) is 0.333. The van der Waals surface area contributed by atoms with E-state index in [0.717, 1.165) is 11.4 Å². The highest BCUT2D eigenvalue weighted by atomic mass is 32.2. The van der Waals surface area contributed by atoms with Gasteiger partial charge in [-0.3, -0.25) is 9.78 Å². The topological polar surface area (TPSA) is 97.5 Å². The summed E-state index contributed by atoms with van der Waals surface area (Å²) in [5.74, 6) is 0.840. The van der Waals surface area contributed by atoms with Crippen LogP contribution in [0.5, 0.6) is 0 Å². The molecule has 0 aliphatic carbocycles. The van der Waals surface area contributed by atoms with Crippen molar-refractivity contribution in [3.8, 4) is 0 Å². The lowest BCUT2D eigenvalue weighted by Gasteiger charge is -1.98. The molecule has 2 heterocycles. The number of nitrogens with one attached hydrogen (secondary N) is 1. The van der Waals surface area contributed by atoms with E-state index in [4.69, 9.17) is 5.73 Å². The molecule has 0 aliphatic heterocycles. The van der Waals surface area contributed by atoms with Crippen molar-refractivity contribution in [2.75, 3.05) is 11.5 Å². The molecule has 0 radical (unpaired) electrons. The number of thioether (sulfide) groups is 1. The van der Waals surface area contributed by atoms with Crippen LogP contribution in [0.15, 0.2) is 15.3 Å². The highest BCUT2D eigenvalue weighted by Gasteiger charge is 2.08. The summed E-state index contributed by atoms with van der Waals surface area (Å²) in [4.78, 5) is 18.5. The van der Waals surface area contributed by atoms with Gasteiger partial charge in [-0.15, -0.1) is 21.5 Å². The third-order valence-corrected chi connectivity index (χ3v) is 3.41. The van der Waals surface area contributed by atoms with E-state index in [0.29, 0.717) is 22.4 Å². The van der Waals surface area contributed by atoms with Crippen molar-refractivity contribution in [1.82, 2.24) is 20.2 Å². The van der Waals surface area contributed by atoms with Crippen LogP contribution in [0.2, 0.25) is 0 Å². The molecular weight excluding hydrogens is 258 g/mol. The maximum Gasteiger partial charge on any atom is 0.273 e. The lowest BCUT2D eigenvalue weighted by molar-refractivity contribution is 0.769. The molecule has 0 atom stereocenters. The third kappa shape index (κ3) is 3.04. The van der Waals surface area contributed by atoms with Crippen LogP contribution in [0.4, 0.5) is 5.13 Å². The molecule has 0 aliphatic rings. The predicted octanol–water partition coefficient (Wildman–Crippen LogP) is 0.906. The van der Waals surface area contributed by atoms with Crippen LogP contribution < -0.4 is 11.3 Å². The van der Waals surface area contributed by atoms with Gasteiger partial charge in [-0.05, 0) is 5.75 Å². The molecule has 0 spiro atoms. The van der Waals surface area contributed by atoms with Crippen molar-refractivity contribution in [3.63, 3.8) is 0 Å². The number of aromatic amines is 1. The van der Waals surface area contributed by atoms with Gasteiger partial charge in [0.05, 0.1) is 5.69 Å². The minimum Gasteiger partial charge on any atom is -0.375 e. The van der Waals surface area contributed by atoms with Crippen LogP contribution >= 0.6 is 23.1 Å². The van der Waals surface area contributed by atoms with Crippen molar-refractivity contribution in [2.24, 2.45) is 0 Å². The normalized spacial score (nSPS) is 10.6. The summed E-state index contributed by atoms with van der Waals surface area (Å²) < 4.78 is 0. The summed E-state index contributed by atoms with van der Waals surface area (Å²) in [6.45, 7) is 1.98. The van der Waals surface area contributed by atoms with Crippen LogP contribution in [-0.2, 0) is 6.42 Å². The average Bonchev–Trinajstić information content (AvgIpc) is 2.69. The van der Waals surface area contributed by atoms with E-state index in [-0.39, 0.29) is 5.56 Å². The van der Waals surface area contributed by atoms with Gasteiger partial charge in [0.15, 0.2) is 10.3 Å². The van der Waals surface area contributed by atoms with E-state index in [2.05, 4.69) is 20.2 Å². The standard InChI is InChI=1S/C9H11N5OS2/c1-2-16-9-12-7(15)6(13-14-9)3-5-4-17-8(10)11-5/h4H,2-3H2,1H3,(H2,10,11)(H,12,14,15). The van der Waals surface area contributed by atoms with Gasteiger partial charge in [-0.2, -0.15) is 0 Å². The molecule has 2 rings (SSSR count). The Morgan fingerprint density at radius 1 is 1.53 bits per heavy atom. The number of hydrogen-bond donors (Lipinski definition) is 2. The van der Waals surface area contributed by atoms with Gasteiger partial charge >= 0.3 is 0 Å². The summed E-state index contributed by atoms with van der Waals surface area (Å²) in [5, 5.41) is 10.7. The van der Waals surface area contributed by atoms with Gasteiger partial charge in [-0.1, -0.05) is 18.7 Å². The lowest BCUT2D eigenvalue weighted by Crippen LogP contribution is -2.18. The fourth-order valence-electron chi connectivity index (χ4n) is 1.24. The van der Waals surface area contributed by atoms with Crippen molar-refractivity contribution in [2.45, 2.75) is 18.5 Å². The van der Waals surface area contributed by atoms with Crippen molar-refractivity contribution in [3.05, 3.63) is 27.1 Å². The van der Waals surface area contributed by atoms with Crippen molar-refractivity contribution < 1.29 is 0 Å². The number of hydrogen-bond acceptors (Lipinski definition) is 7. The molecule has 0 bridgehead atoms. The number of H-pyrrole nitrogens is 1. The smallest absolute Gasteiger partial charge is 0.273 e. The monoisotopic (exact) mass is 269 g/mol. The van der Waals surface area contributed by atoms with E-state index in [1.165, 1.54) is 23.1 Å². The van der Waals surface area contributed by atoms with E-state index in [1.54, 1.807) is 0 Å². The molecule has 90 valence electrons. The zero-order valence-electron chi connectivity index (χ0n) is 9.14. The molecule has 0 fully saturated rings. The first-order valence-corrected chi connectivity index (χ1v) is 6.84. The zero-order valence-corrected chi connectivity index (χ0v) is 10.8. The number of nitrogen functional groups attached to an aromatic ring is 1. The molecule has 17 heavy (non-hydrogen) atoms. The van der Waals surface area contributed by atoms with Gasteiger partial charge in [0, 0.05) is 11.8 Å². The van der Waals surface area contributed by atoms with Gasteiger partial charge in [0.25, 0.3) is 5.56 Å². The Morgan fingerprint density at radius 3 is 2.94 bits per heavy atom. The summed E-state index contributed by atoms with van der Waals surface area (Å²) in [5.41, 5.74) is 6.39. The van der Waals surface area contributed by atoms with Crippen LogP contribution in [0.25, 0.3) is 0 Å². The molecule has 8 heteroatoms. The predicted molar refractivity (Wildman–Crippen MR) is 68.4 cm³/mol. The van der Waals surface area contributed by atoms with Crippen LogP contribution in [-0.4, -0.2) is 25.9 Å². The molecule has 3 N–H and O–H groups in total. The molecule has 0 saturated carbocycles. The number of aromatic nitrogens is 4. The molecule has 0 amide bonds. The van der Waals surface area contributed by atoms with E-state index >= 15 is 0 Å². The first kappa shape index (κ1) is 12.1. The summed E-state index contributed by atoms with van der Waals surface area (Å²) in [6, 6.07) is 0. The van der Waals surface area contributed by atoms with E-state index in [1.807, 2.05) is 12.3 Å². The number of nitrogens with zero attached hydrogens (tertiary/aromatic N) is 3.